The first-order chi connectivity index (χ1) is 17.7. The van der Waals surface area contributed by atoms with Crippen molar-refractivity contribution in [3.63, 3.8) is 0 Å². The van der Waals surface area contributed by atoms with Crippen LogP contribution in [-0.2, 0) is 0 Å². The first-order valence-corrected chi connectivity index (χ1v) is 11.5. The van der Waals surface area contributed by atoms with Gasteiger partial charge in [0.05, 0.1) is 41.8 Å². The molecule has 9 nitrogen and oxygen atoms in total. The second-order valence-electron chi connectivity index (χ2n) is 8.50. The number of rotatable bonds is 4. The molecule has 0 unspecified atom stereocenters. The third-order valence-corrected chi connectivity index (χ3v) is 6.41. The van der Waals surface area contributed by atoms with Gasteiger partial charge in [-0.05, 0) is 48.9 Å². The van der Waals surface area contributed by atoms with Crippen LogP contribution in [0.1, 0.15) is 28.3 Å². The van der Waals surface area contributed by atoms with E-state index in [2.05, 4.69) is 22.2 Å². The van der Waals surface area contributed by atoms with Gasteiger partial charge < -0.3 is 13.9 Å². The number of para-hydroxylation sites is 1. The molecule has 0 saturated carbocycles. The molecule has 5 heterocycles. The van der Waals surface area contributed by atoms with Crippen LogP contribution in [-0.4, -0.2) is 36.5 Å². The average molecular weight is 476 g/mol. The standard InChI is InChI=1S/C27H20N6O3/c1-16-21-22(17-10-12-19(34-2)13-11-17)23-25-29-24(20-9-6-14-35-20)31-32(25)15-28-26(23)36-27(21)33(30-16)18-7-4-3-5-8-18/h3-15,22H,1-2H3/t22-/m0/s1. The first kappa shape index (κ1) is 20.5. The SMILES string of the molecule is COc1ccc([C@H]2c3c(C)nn(-c4ccccc4)c3Oc3ncn4nc(-c5ccco5)nc4c32)cc1. The van der Waals surface area contributed by atoms with Crippen LogP contribution in [0.25, 0.3) is 22.9 Å². The summed E-state index contributed by atoms with van der Waals surface area (Å²) < 4.78 is 20.9. The van der Waals surface area contributed by atoms with Crippen molar-refractivity contribution in [1.29, 1.82) is 0 Å². The van der Waals surface area contributed by atoms with E-state index in [9.17, 15) is 0 Å². The van der Waals surface area contributed by atoms with Crippen LogP contribution in [0.15, 0.2) is 83.7 Å². The highest BCUT2D eigenvalue weighted by Crippen LogP contribution is 2.49. The van der Waals surface area contributed by atoms with Crippen molar-refractivity contribution < 1.29 is 13.9 Å². The van der Waals surface area contributed by atoms with E-state index in [-0.39, 0.29) is 5.92 Å². The summed E-state index contributed by atoms with van der Waals surface area (Å²) in [5.74, 6) is 2.70. The zero-order valence-electron chi connectivity index (χ0n) is 19.5. The Kier molecular flexibility index (Phi) is 4.44. The van der Waals surface area contributed by atoms with E-state index >= 15 is 0 Å². The van der Waals surface area contributed by atoms with E-state index in [0.29, 0.717) is 29.0 Å². The molecule has 0 N–H and O–H groups in total. The van der Waals surface area contributed by atoms with Crippen molar-refractivity contribution in [2.24, 2.45) is 0 Å². The predicted octanol–water partition coefficient (Wildman–Crippen LogP) is 5.17. The largest absolute Gasteiger partial charge is 0.497 e. The minimum Gasteiger partial charge on any atom is -0.497 e. The lowest BCUT2D eigenvalue weighted by molar-refractivity contribution is 0.402. The maximum atomic E-state index is 6.45. The van der Waals surface area contributed by atoms with Crippen LogP contribution in [0.5, 0.6) is 17.5 Å². The third kappa shape index (κ3) is 3.02. The fourth-order valence-electron chi connectivity index (χ4n) is 4.76. The van der Waals surface area contributed by atoms with E-state index in [4.69, 9.17) is 24.0 Å². The van der Waals surface area contributed by atoms with Gasteiger partial charge in [-0.3, -0.25) is 0 Å². The highest BCUT2D eigenvalue weighted by Gasteiger charge is 2.38. The predicted molar refractivity (Wildman–Crippen MR) is 131 cm³/mol. The molecule has 0 aliphatic carbocycles. The molecule has 2 aromatic carbocycles. The molecule has 36 heavy (non-hydrogen) atoms. The van der Waals surface area contributed by atoms with E-state index < -0.39 is 0 Å². The van der Waals surface area contributed by atoms with Gasteiger partial charge >= 0.3 is 0 Å². The molecule has 6 aromatic rings. The van der Waals surface area contributed by atoms with Crippen molar-refractivity contribution in [1.82, 2.24) is 29.4 Å². The second-order valence-corrected chi connectivity index (χ2v) is 8.50. The van der Waals surface area contributed by atoms with Crippen LogP contribution in [0.3, 0.4) is 0 Å². The van der Waals surface area contributed by atoms with E-state index in [1.807, 2.05) is 66.2 Å². The molecular weight excluding hydrogens is 456 g/mol. The molecule has 9 heteroatoms. The van der Waals surface area contributed by atoms with Gasteiger partial charge in [0.2, 0.25) is 17.6 Å². The minimum absolute atomic E-state index is 0.239. The van der Waals surface area contributed by atoms with Crippen molar-refractivity contribution in [2.45, 2.75) is 12.8 Å². The third-order valence-electron chi connectivity index (χ3n) is 6.41. The van der Waals surface area contributed by atoms with Gasteiger partial charge in [-0.2, -0.15) is 5.10 Å². The maximum absolute atomic E-state index is 6.45. The summed E-state index contributed by atoms with van der Waals surface area (Å²) in [6, 6.07) is 21.6. The summed E-state index contributed by atoms with van der Waals surface area (Å²) in [7, 11) is 1.66. The zero-order valence-corrected chi connectivity index (χ0v) is 19.5. The number of aromatic nitrogens is 6. The zero-order chi connectivity index (χ0) is 24.2. The summed E-state index contributed by atoms with van der Waals surface area (Å²) in [5.41, 5.74) is 5.21. The lowest BCUT2D eigenvalue weighted by atomic mass is 9.84. The summed E-state index contributed by atoms with van der Waals surface area (Å²) >= 11 is 0. The van der Waals surface area contributed by atoms with Gasteiger partial charge in [-0.15, -0.1) is 5.10 Å². The molecular formula is C27H20N6O3. The molecule has 0 radical (unpaired) electrons. The summed E-state index contributed by atoms with van der Waals surface area (Å²) in [6.07, 6.45) is 3.21. The van der Waals surface area contributed by atoms with Gasteiger partial charge in [-0.1, -0.05) is 30.3 Å². The lowest BCUT2D eigenvalue weighted by Gasteiger charge is -2.26. The number of furan rings is 1. The number of fused-ring (bicyclic) bond motifs is 4. The normalized spacial score (nSPS) is 14.3. The molecule has 0 spiro atoms. The van der Waals surface area contributed by atoms with E-state index in [0.717, 1.165) is 33.8 Å². The molecule has 0 saturated heterocycles. The number of aryl methyl sites for hydroxylation is 1. The smallest absolute Gasteiger partial charge is 0.230 e. The van der Waals surface area contributed by atoms with Crippen molar-refractivity contribution in [2.75, 3.05) is 7.11 Å². The van der Waals surface area contributed by atoms with Gasteiger partial charge in [-0.25, -0.2) is 19.2 Å². The van der Waals surface area contributed by atoms with Crippen LogP contribution < -0.4 is 9.47 Å². The molecule has 176 valence electrons. The number of nitrogens with zero attached hydrogens (tertiary/aromatic N) is 6. The van der Waals surface area contributed by atoms with Gasteiger partial charge in [0, 0.05) is 0 Å². The molecule has 0 bridgehead atoms. The number of benzene rings is 2. The number of ether oxygens (including phenoxy) is 2. The Morgan fingerprint density at radius 1 is 0.917 bits per heavy atom. The monoisotopic (exact) mass is 476 g/mol. The molecule has 4 aromatic heterocycles. The average Bonchev–Trinajstić information content (AvgIpc) is 3.67. The Morgan fingerprint density at radius 2 is 1.75 bits per heavy atom. The summed E-state index contributed by atoms with van der Waals surface area (Å²) in [5, 5.41) is 9.47. The van der Waals surface area contributed by atoms with Crippen LogP contribution in [0.2, 0.25) is 0 Å². The Morgan fingerprint density at radius 3 is 2.50 bits per heavy atom. The Hall–Kier alpha value is -4.92. The number of hydrogen-bond donors (Lipinski definition) is 0. The van der Waals surface area contributed by atoms with E-state index in [1.165, 1.54) is 0 Å². The number of methoxy groups -OCH3 is 1. The molecule has 1 aliphatic rings. The molecule has 0 fully saturated rings. The fraction of sp³-hybridized carbons (Fsp3) is 0.111. The Balaban J connectivity index is 1.49. The van der Waals surface area contributed by atoms with Crippen LogP contribution in [0, 0.1) is 6.92 Å². The highest BCUT2D eigenvalue weighted by atomic mass is 16.5. The molecule has 0 amide bonds. The van der Waals surface area contributed by atoms with Crippen molar-refractivity contribution in [3.8, 4) is 34.8 Å². The Labute approximate surface area is 205 Å². The highest BCUT2D eigenvalue weighted by molar-refractivity contribution is 5.68. The number of hydrogen-bond acceptors (Lipinski definition) is 7. The van der Waals surface area contributed by atoms with Gasteiger partial charge in [0.15, 0.2) is 11.4 Å². The fourth-order valence-corrected chi connectivity index (χ4v) is 4.76. The quantitative estimate of drug-likeness (QED) is 0.346. The van der Waals surface area contributed by atoms with Crippen molar-refractivity contribution in [3.05, 3.63) is 102 Å². The molecule has 7 rings (SSSR count). The van der Waals surface area contributed by atoms with Gasteiger partial charge in [0.1, 0.15) is 12.1 Å². The second kappa shape index (κ2) is 7.81. The Bertz CT molecular complexity index is 1700. The van der Waals surface area contributed by atoms with Crippen molar-refractivity contribution >= 4 is 5.65 Å². The van der Waals surface area contributed by atoms with Crippen LogP contribution in [0.4, 0.5) is 0 Å². The van der Waals surface area contributed by atoms with E-state index in [1.54, 1.807) is 24.2 Å². The minimum atomic E-state index is -0.239. The molecule has 1 aliphatic heterocycles. The molecule has 1 atom stereocenters. The van der Waals surface area contributed by atoms with Crippen LogP contribution >= 0.6 is 0 Å². The topological polar surface area (TPSA) is 92.5 Å². The van der Waals surface area contributed by atoms with Gasteiger partial charge in [0.25, 0.3) is 0 Å². The maximum Gasteiger partial charge on any atom is 0.230 e. The first-order valence-electron chi connectivity index (χ1n) is 11.5. The summed E-state index contributed by atoms with van der Waals surface area (Å²) in [4.78, 5) is 9.47. The summed E-state index contributed by atoms with van der Waals surface area (Å²) in [6.45, 7) is 1.99. The lowest BCUT2D eigenvalue weighted by Crippen LogP contribution is -2.16.